The zero-order valence-corrected chi connectivity index (χ0v) is 14.9. The van der Waals surface area contributed by atoms with Crippen LogP contribution >= 0.6 is 54.9 Å². The Morgan fingerprint density at radius 2 is 1.63 bits per heavy atom. The zero-order valence-electron chi connectivity index (χ0n) is 10.2. The summed E-state index contributed by atoms with van der Waals surface area (Å²) in [6, 6.07) is 7.66. The predicted octanol–water partition coefficient (Wildman–Crippen LogP) is 5.36. The van der Waals surface area contributed by atoms with E-state index >= 15 is 0 Å². The summed E-state index contributed by atoms with van der Waals surface area (Å²) in [7, 11) is 3.78. The van der Waals surface area contributed by atoms with Crippen LogP contribution in [0, 0.1) is 0 Å². The van der Waals surface area contributed by atoms with Crippen LogP contribution in [0.15, 0.2) is 34.9 Å². The normalized spacial score (nSPS) is 11.4. The number of halogens is 4. The van der Waals surface area contributed by atoms with E-state index in [1.54, 1.807) is 6.20 Å². The summed E-state index contributed by atoms with van der Waals surface area (Å²) >= 11 is 17.2. The maximum atomic E-state index is 10.8. The first kappa shape index (κ1) is 19.0. The number of nitrogens with zero attached hydrogens (tertiary/aromatic N) is 1. The first-order valence-corrected chi connectivity index (χ1v) is 10.1. The van der Waals surface area contributed by atoms with Gasteiger partial charge in [-0.15, -0.1) is 0 Å². The summed E-state index contributed by atoms with van der Waals surface area (Å²) in [4.78, 5) is 12.7. The van der Waals surface area contributed by atoms with Crippen molar-refractivity contribution in [2.45, 2.75) is 0 Å². The lowest BCUT2D eigenvalue weighted by Gasteiger charge is -2.07. The highest BCUT2D eigenvalue weighted by atomic mass is 79.9. The maximum Gasteiger partial charge on any atom is 0.339 e. The zero-order chi connectivity index (χ0) is 15.1. The van der Waals surface area contributed by atoms with Crippen LogP contribution in [0.1, 0.15) is 5.56 Å². The van der Waals surface area contributed by atoms with Gasteiger partial charge in [-0.25, -0.2) is 0 Å². The lowest BCUT2D eigenvalue weighted by molar-refractivity contribution is -0.103. The molecule has 1 aromatic rings. The van der Waals surface area contributed by atoms with Crippen molar-refractivity contribution >= 4 is 66.7 Å². The van der Waals surface area contributed by atoms with E-state index in [1.165, 1.54) is 0 Å². The van der Waals surface area contributed by atoms with Crippen molar-refractivity contribution in [3.05, 3.63) is 40.5 Å². The molecule has 0 aromatic heterocycles. The van der Waals surface area contributed by atoms with E-state index in [4.69, 9.17) is 0 Å². The second-order valence-corrected chi connectivity index (χ2v) is 11.1. The molecule has 0 radical (unpaired) electrons. The Labute approximate surface area is 135 Å². The minimum atomic E-state index is -3.22. The van der Waals surface area contributed by atoms with Crippen LogP contribution in [0.5, 0.6) is 0 Å². The molecule has 0 amide bonds. The molecule has 0 fully saturated rings. The molecule has 8 heteroatoms. The SMILES string of the molecule is CN(C)/C=C(\C=O)c1ccc(Br)cc1.O=P(Cl)(Cl)Cl. The molecule has 0 heterocycles. The highest BCUT2D eigenvalue weighted by Crippen LogP contribution is 2.61. The minimum Gasteiger partial charge on any atom is -0.383 e. The van der Waals surface area contributed by atoms with Crippen LogP contribution in [-0.4, -0.2) is 25.3 Å². The smallest absolute Gasteiger partial charge is 0.339 e. The van der Waals surface area contributed by atoms with Gasteiger partial charge in [0.25, 0.3) is 0 Å². The highest BCUT2D eigenvalue weighted by Gasteiger charge is 2.03. The number of allylic oxidation sites excluding steroid dienone is 1. The number of hydrogen-bond donors (Lipinski definition) is 0. The van der Waals surface area contributed by atoms with E-state index in [0.29, 0.717) is 5.57 Å². The molecule has 0 aliphatic carbocycles. The van der Waals surface area contributed by atoms with Crippen molar-refractivity contribution in [3.63, 3.8) is 0 Å². The highest BCUT2D eigenvalue weighted by molar-refractivity contribution is 9.10. The molecule has 1 rings (SSSR count). The van der Waals surface area contributed by atoms with Crippen LogP contribution in [0.2, 0.25) is 0 Å². The second kappa shape index (κ2) is 9.04. The van der Waals surface area contributed by atoms with Crippen LogP contribution in [-0.2, 0) is 9.36 Å². The Morgan fingerprint density at radius 1 is 1.21 bits per heavy atom. The van der Waals surface area contributed by atoms with Crippen LogP contribution in [0.25, 0.3) is 5.57 Å². The van der Waals surface area contributed by atoms with Gasteiger partial charge in [-0.05, 0) is 51.4 Å². The predicted molar refractivity (Wildman–Crippen MR) is 87.0 cm³/mol. The number of carbonyl (C=O) groups excluding carboxylic acids is 1. The van der Waals surface area contributed by atoms with Gasteiger partial charge in [0, 0.05) is 30.3 Å². The van der Waals surface area contributed by atoms with Crippen molar-refractivity contribution in [2.24, 2.45) is 0 Å². The van der Waals surface area contributed by atoms with E-state index in [0.717, 1.165) is 16.3 Å². The molecule has 0 bridgehead atoms. The Kier molecular flexibility index (Phi) is 9.04. The Hall–Kier alpha value is 0.01000. The first-order valence-electron chi connectivity index (χ1n) is 4.92. The van der Waals surface area contributed by atoms with Gasteiger partial charge < -0.3 is 4.90 Å². The standard InChI is InChI=1S/C11H12BrNO.Cl3OP/c1-13(2)7-10(8-14)9-3-5-11(12)6-4-9;1-5(2,3)4/h3-8H,1-2H3;/b10-7+;. The summed E-state index contributed by atoms with van der Waals surface area (Å²) in [5, 5.41) is -3.22. The lowest BCUT2D eigenvalue weighted by Crippen LogP contribution is -2.03. The molecule has 1 aromatic carbocycles. The fraction of sp³-hybridized carbons (Fsp3) is 0.182. The van der Waals surface area contributed by atoms with Gasteiger partial charge in [0.1, 0.15) is 0 Å². The Balaban J connectivity index is 0.000000555. The quantitative estimate of drug-likeness (QED) is 0.384. The average molecular weight is 407 g/mol. The Morgan fingerprint density at radius 3 is 1.95 bits per heavy atom. The van der Waals surface area contributed by atoms with E-state index in [9.17, 15) is 9.36 Å². The lowest BCUT2D eigenvalue weighted by atomic mass is 10.1. The molecule has 3 nitrogen and oxygen atoms in total. The molecule has 0 unspecified atom stereocenters. The minimum absolute atomic E-state index is 0.683. The van der Waals surface area contributed by atoms with Crippen molar-refractivity contribution in [1.29, 1.82) is 0 Å². The monoisotopic (exact) mass is 405 g/mol. The summed E-state index contributed by atoms with van der Waals surface area (Å²) in [5.74, 6) is 0. The van der Waals surface area contributed by atoms with Gasteiger partial charge in [-0.1, -0.05) is 28.1 Å². The summed E-state index contributed by atoms with van der Waals surface area (Å²) in [6.07, 6.45) is 2.67. The van der Waals surface area contributed by atoms with Crippen molar-refractivity contribution < 1.29 is 9.36 Å². The van der Waals surface area contributed by atoms with Gasteiger partial charge in [-0.3, -0.25) is 9.36 Å². The molecule has 0 N–H and O–H groups in total. The largest absolute Gasteiger partial charge is 0.383 e. The molecule has 0 aliphatic heterocycles. The van der Waals surface area contributed by atoms with Gasteiger partial charge in [0.2, 0.25) is 0 Å². The summed E-state index contributed by atoms with van der Waals surface area (Å²) < 4.78 is 10.5. The molecule has 0 saturated heterocycles. The summed E-state index contributed by atoms with van der Waals surface area (Å²) in [6.45, 7) is 0. The van der Waals surface area contributed by atoms with Crippen molar-refractivity contribution in [1.82, 2.24) is 4.90 Å². The van der Waals surface area contributed by atoms with Gasteiger partial charge in [0.15, 0.2) is 6.29 Å². The van der Waals surface area contributed by atoms with E-state index in [-0.39, 0.29) is 0 Å². The molecule has 0 saturated carbocycles. The molecular formula is C11H12BrCl3NO2P. The van der Waals surface area contributed by atoms with E-state index < -0.39 is 5.20 Å². The third kappa shape index (κ3) is 11.5. The van der Waals surface area contributed by atoms with Crippen molar-refractivity contribution in [2.75, 3.05) is 14.1 Å². The fourth-order valence-electron chi connectivity index (χ4n) is 1.09. The fourth-order valence-corrected chi connectivity index (χ4v) is 1.36. The maximum absolute atomic E-state index is 10.8. The third-order valence-corrected chi connectivity index (χ3v) is 2.23. The van der Waals surface area contributed by atoms with Gasteiger partial charge in [-0.2, -0.15) is 0 Å². The Bertz CT molecular complexity index is 477. The topological polar surface area (TPSA) is 37.4 Å². The molecule has 19 heavy (non-hydrogen) atoms. The van der Waals surface area contributed by atoms with E-state index in [1.807, 2.05) is 43.3 Å². The number of carbonyl (C=O) groups is 1. The third-order valence-electron chi connectivity index (χ3n) is 1.70. The average Bonchev–Trinajstić information content (AvgIpc) is 2.24. The summed E-state index contributed by atoms with van der Waals surface area (Å²) in [5.41, 5.74) is 1.61. The molecule has 0 aliphatic rings. The van der Waals surface area contributed by atoms with Crippen molar-refractivity contribution in [3.8, 4) is 0 Å². The molecular weight excluding hydrogens is 395 g/mol. The number of aldehydes is 1. The van der Waals surface area contributed by atoms with Crippen LogP contribution < -0.4 is 0 Å². The molecule has 106 valence electrons. The molecule has 0 atom stereocenters. The van der Waals surface area contributed by atoms with Crippen LogP contribution in [0.4, 0.5) is 0 Å². The molecule has 0 spiro atoms. The number of rotatable bonds is 3. The number of benzene rings is 1. The van der Waals surface area contributed by atoms with E-state index in [2.05, 4.69) is 49.7 Å². The first-order chi connectivity index (χ1) is 8.63. The second-order valence-electron chi connectivity index (χ2n) is 3.57. The van der Waals surface area contributed by atoms with Crippen LogP contribution in [0.3, 0.4) is 0 Å². The number of hydrogen-bond acceptors (Lipinski definition) is 3. The van der Waals surface area contributed by atoms with Gasteiger partial charge in [0.05, 0.1) is 0 Å². The van der Waals surface area contributed by atoms with Gasteiger partial charge >= 0.3 is 5.20 Å².